The number of amides is 1. The second-order valence-electron chi connectivity index (χ2n) is 5.79. The third-order valence-corrected chi connectivity index (χ3v) is 4.23. The maximum Gasteiger partial charge on any atom is 0.415 e. The van der Waals surface area contributed by atoms with E-state index in [4.69, 9.17) is 9.72 Å². The van der Waals surface area contributed by atoms with Gasteiger partial charge in [0.15, 0.2) is 0 Å². The predicted octanol–water partition coefficient (Wildman–Crippen LogP) is 2.24. The lowest BCUT2D eigenvalue weighted by molar-refractivity contribution is 0.179. The van der Waals surface area contributed by atoms with Gasteiger partial charge in [-0.2, -0.15) is 0 Å². The fourth-order valence-corrected chi connectivity index (χ4v) is 2.94. The fraction of sp³-hybridized carbons (Fsp3) is 0.600. The summed E-state index contributed by atoms with van der Waals surface area (Å²) in [6, 6.07) is 6.02. The van der Waals surface area contributed by atoms with Crippen LogP contribution >= 0.6 is 0 Å². The van der Waals surface area contributed by atoms with Crippen molar-refractivity contribution in [2.45, 2.75) is 31.7 Å². The molecule has 0 bridgehead atoms. The van der Waals surface area contributed by atoms with E-state index in [-0.39, 0.29) is 12.1 Å². The quantitative estimate of drug-likeness (QED) is 0.830. The molecule has 1 amide bonds. The van der Waals surface area contributed by atoms with E-state index in [9.17, 15) is 4.79 Å². The van der Waals surface area contributed by atoms with E-state index in [0.717, 1.165) is 37.4 Å². The van der Waals surface area contributed by atoms with Crippen molar-refractivity contribution >= 4 is 11.9 Å². The summed E-state index contributed by atoms with van der Waals surface area (Å²) < 4.78 is 5.07. The molecule has 0 radical (unpaired) electrons. The maximum atomic E-state index is 11.8. The predicted molar refractivity (Wildman–Crippen MR) is 77.0 cm³/mol. The average molecular weight is 275 g/mol. The summed E-state index contributed by atoms with van der Waals surface area (Å²) in [5.41, 5.74) is 1.10. The first kappa shape index (κ1) is 13.4. The zero-order valence-corrected chi connectivity index (χ0v) is 12.1. The number of piperidine rings is 1. The fourth-order valence-electron chi connectivity index (χ4n) is 2.94. The van der Waals surface area contributed by atoms with E-state index in [1.807, 2.05) is 19.1 Å². The minimum Gasteiger partial charge on any atom is -0.447 e. The lowest BCUT2D eigenvalue weighted by atomic mass is 9.93. The minimum absolute atomic E-state index is 0.0581. The molecule has 0 saturated carbocycles. The number of likely N-dealkylation sites (tertiary alicyclic amines) is 1. The number of hydrogen-bond acceptors (Lipinski definition) is 4. The largest absolute Gasteiger partial charge is 0.447 e. The first-order valence-electron chi connectivity index (χ1n) is 7.26. The molecule has 2 aliphatic rings. The van der Waals surface area contributed by atoms with Crippen molar-refractivity contribution in [2.75, 3.05) is 31.6 Å². The van der Waals surface area contributed by atoms with Crippen LogP contribution in [0.1, 0.15) is 31.4 Å². The second-order valence-corrected chi connectivity index (χ2v) is 5.79. The van der Waals surface area contributed by atoms with Crippen molar-refractivity contribution in [3.8, 4) is 0 Å². The summed E-state index contributed by atoms with van der Waals surface area (Å²) in [4.78, 5) is 20.5. The molecule has 0 aromatic carbocycles. The number of ether oxygens (including phenoxy) is 1. The number of aromatic nitrogens is 1. The molecule has 3 heterocycles. The highest BCUT2D eigenvalue weighted by atomic mass is 16.6. The second kappa shape index (κ2) is 5.40. The highest BCUT2D eigenvalue weighted by Gasteiger charge is 2.32. The van der Waals surface area contributed by atoms with Crippen LogP contribution < -0.4 is 4.90 Å². The van der Waals surface area contributed by atoms with Crippen molar-refractivity contribution in [3.63, 3.8) is 0 Å². The van der Waals surface area contributed by atoms with Crippen LogP contribution in [0.3, 0.4) is 0 Å². The Morgan fingerprint density at radius 1 is 1.30 bits per heavy atom. The van der Waals surface area contributed by atoms with Crippen LogP contribution in [0, 0.1) is 0 Å². The van der Waals surface area contributed by atoms with Crippen LogP contribution in [0.4, 0.5) is 10.6 Å². The van der Waals surface area contributed by atoms with Gasteiger partial charge in [0.2, 0.25) is 0 Å². The normalized spacial score (nSPS) is 25.0. The molecule has 3 rings (SSSR count). The van der Waals surface area contributed by atoms with Crippen molar-refractivity contribution < 1.29 is 9.53 Å². The number of anilines is 1. The van der Waals surface area contributed by atoms with Gasteiger partial charge in [-0.05, 0) is 52.0 Å². The van der Waals surface area contributed by atoms with Crippen molar-refractivity contribution in [2.24, 2.45) is 0 Å². The topological polar surface area (TPSA) is 45.7 Å². The molecule has 20 heavy (non-hydrogen) atoms. The van der Waals surface area contributed by atoms with Gasteiger partial charge in [0.25, 0.3) is 0 Å². The Bertz CT molecular complexity index is 498. The summed E-state index contributed by atoms with van der Waals surface area (Å²) >= 11 is 0. The van der Waals surface area contributed by atoms with Gasteiger partial charge in [0.1, 0.15) is 12.4 Å². The number of cyclic esters (lactones) is 1. The molecular formula is C15H21N3O2. The van der Waals surface area contributed by atoms with Gasteiger partial charge >= 0.3 is 6.09 Å². The van der Waals surface area contributed by atoms with Crippen LogP contribution in [-0.2, 0) is 4.74 Å². The van der Waals surface area contributed by atoms with E-state index in [1.54, 1.807) is 4.90 Å². The Kier molecular flexibility index (Phi) is 3.61. The first-order valence-corrected chi connectivity index (χ1v) is 7.26. The summed E-state index contributed by atoms with van der Waals surface area (Å²) in [6.07, 6.45) is 1.98. The van der Waals surface area contributed by atoms with Crippen LogP contribution in [0.2, 0.25) is 0 Å². The van der Waals surface area contributed by atoms with Gasteiger partial charge in [-0.1, -0.05) is 6.07 Å². The Hall–Kier alpha value is -1.62. The lowest BCUT2D eigenvalue weighted by Crippen LogP contribution is -2.32. The number of carbonyl (C=O) groups excluding carboxylic acids is 1. The van der Waals surface area contributed by atoms with Gasteiger partial charge in [0, 0.05) is 11.6 Å². The summed E-state index contributed by atoms with van der Waals surface area (Å²) in [7, 11) is 2.15. The Morgan fingerprint density at radius 2 is 2.05 bits per heavy atom. The Balaban J connectivity index is 1.81. The van der Waals surface area contributed by atoms with E-state index in [2.05, 4.69) is 18.0 Å². The standard InChI is InChI=1S/C15H21N3O2/c1-11-10-20-15(19)18(11)14-5-3-4-13(16-14)12-6-8-17(2)9-7-12/h3-5,11-12H,6-10H2,1-2H3/t11-/m1/s1. The molecule has 5 nitrogen and oxygen atoms in total. The van der Waals surface area contributed by atoms with Gasteiger partial charge in [0.05, 0.1) is 6.04 Å². The number of hydrogen-bond donors (Lipinski definition) is 0. The van der Waals surface area contributed by atoms with Gasteiger partial charge in [-0.3, -0.25) is 4.90 Å². The van der Waals surface area contributed by atoms with E-state index < -0.39 is 0 Å². The monoisotopic (exact) mass is 275 g/mol. The van der Waals surface area contributed by atoms with E-state index in [0.29, 0.717) is 12.5 Å². The Morgan fingerprint density at radius 3 is 2.70 bits per heavy atom. The molecule has 0 spiro atoms. The SMILES string of the molecule is C[C@@H]1COC(=O)N1c1cccc(C2CCN(C)CC2)n1. The van der Waals surface area contributed by atoms with Crippen LogP contribution in [0.5, 0.6) is 0 Å². The molecule has 0 N–H and O–H groups in total. The minimum atomic E-state index is -0.287. The Labute approximate surface area is 119 Å². The highest BCUT2D eigenvalue weighted by Crippen LogP contribution is 2.28. The van der Waals surface area contributed by atoms with Crippen LogP contribution in [-0.4, -0.2) is 48.8 Å². The van der Waals surface area contributed by atoms with Crippen LogP contribution in [0.15, 0.2) is 18.2 Å². The third-order valence-electron chi connectivity index (χ3n) is 4.23. The van der Waals surface area contributed by atoms with Crippen molar-refractivity contribution in [1.82, 2.24) is 9.88 Å². The van der Waals surface area contributed by atoms with E-state index >= 15 is 0 Å². The molecule has 1 atom stereocenters. The number of rotatable bonds is 2. The zero-order valence-electron chi connectivity index (χ0n) is 12.1. The third kappa shape index (κ3) is 2.50. The van der Waals surface area contributed by atoms with Crippen LogP contribution in [0.25, 0.3) is 0 Å². The molecule has 108 valence electrons. The van der Waals surface area contributed by atoms with Crippen molar-refractivity contribution in [1.29, 1.82) is 0 Å². The number of pyridine rings is 1. The first-order chi connectivity index (χ1) is 9.65. The molecular weight excluding hydrogens is 254 g/mol. The summed E-state index contributed by atoms with van der Waals surface area (Å²) in [6.45, 7) is 4.64. The molecule has 2 fully saturated rings. The molecule has 2 saturated heterocycles. The van der Waals surface area contributed by atoms with Crippen molar-refractivity contribution in [3.05, 3.63) is 23.9 Å². The van der Waals surface area contributed by atoms with E-state index in [1.165, 1.54) is 0 Å². The summed E-state index contributed by atoms with van der Waals surface area (Å²) in [5.74, 6) is 1.22. The smallest absolute Gasteiger partial charge is 0.415 e. The molecule has 0 aliphatic carbocycles. The maximum absolute atomic E-state index is 11.8. The van der Waals surface area contributed by atoms with Gasteiger partial charge in [-0.25, -0.2) is 9.78 Å². The van der Waals surface area contributed by atoms with Gasteiger partial charge < -0.3 is 9.64 Å². The molecule has 1 aromatic heterocycles. The molecule has 1 aromatic rings. The summed E-state index contributed by atoms with van der Waals surface area (Å²) in [5, 5.41) is 0. The molecule has 2 aliphatic heterocycles. The zero-order chi connectivity index (χ0) is 14.1. The average Bonchev–Trinajstić information content (AvgIpc) is 2.79. The highest BCUT2D eigenvalue weighted by molar-refractivity contribution is 5.88. The van der Waals surface area contributed by atoms with Gasteiger partial charge in [-0.15, -0.1) is 0 Å². The number of nitrogens with zero attached hydrogens (tertiary/aromatic N) is 3. The molecule has 0 unspecified atom stereocenters. The molecule has 5 heteroatoms. The lowest BCUT2D eigenvalue weighted by Gasteiger charge is -2.29. The number of carbonyl (C=O) groups is 1.